The molecule has 0 aliphatic heterocycles. The fourth-order valence-electron chi connectivity index (χ4n) is 1.96. The minimum absolute atomic E-state index is 0.162. The van der Waals surface area contributed by atoms with Crippen LogP contribution in [0.4, 0.5) is 0 Å². The minimum atomic E-state index is -0.162. The summed E-state index contributed by atoms with van der Waals surface area (Å²) in [6.45, 7) is 10.7. The number of rotatable bonds is 4. The van der Waals surface area contributed by atoms with Gasteiger partial charge < -0.3 is 5.11 Å². The Morgan fingerprint density at radius 3 is 1.64 bits per heavy atom. The van der Waals surface area contributed by atoms with E-state index in [2.05, 4.69) is 27.7 Å². The van der Waals surface area contributed by atoms with Crippen LogP contribution >= 0.6 is 0 Å². The van der Waals surface area contributed by atoms with Crippen LogP contribution in [0.1, 0.15) is 41.0 Å². The molecule has 11 heavy (non-hydrogen) atoms. The Labute approximate surface area is 70.8 Å². The zero-order chi connectivity index (χ0) is 9.02. The largest absolute Gasteiger partial charge is 0.393 e. The Balaban J connectivity index is 4.09. The van der Waals surface area contributed by atoms with Crippen LogP contribution in [-0.4, -0.2) is 11.2 Å². The van der Waals surface area contributed by atoms with Gasteiger partial charge in [-0.05, 0) is 24.7 Å². The van der Waals surface area contributed by atoms with E-state index >= 15 is 0 Å². The highest BCUT2D eigenvalue weighted by Crippen LogP contribution is 2.26. The molecule has 0 aromatic rings. The number of aliphatic hydroxyl groups excluding tert-OH is 1. The summed E-state index contributed by atoms with van der Waals surface area (Å²) in [4.78, 5) is 0. The van der Waals surface area contributed by atoms with E-state index in [4.69, 9.17) is 0 Å². The summed E-state index contributed by atoms with van der Waals surface area (Å²) in [7, 11) is 0. The van der Waals surface area contributed by atoms with Gasteiger partial charge in [-0.15, -0.1) is 0 Å². The monoisotopic (exact) mass is 158 g/mol. The third-order valence-electron chi connectivity index (χ3n) is 2.63. The van der Waals surface area contributed by atoms with Gasteiger partial charge in [0.15, 0.2) is 0 Å². The first kappa shape index (κ1) is 11.0. The molecule has 0 fully saturated rings. The second-order valence-electron chi connectivity index (χ2n) is 3.95. The van der Waals surface area contributed by atoms with Gasteiger partial charge in [-0.1, -0.05) is 34.1 Å². The van der Waals surface area contributed by atoms with Crippen molar-refractivity contribution >= 4 is 0 Å². The molecule has 0 aliphatic rings. The molecule has 0 spiro atoms. The quantitative estimate of drug-likeness (QED) is 0.667. The van der Waals surface area contributed by atoms with E-state index in [1.807, 2.05) is 6.92 Å². The lowest BCUT2D eigenvalue weighted by Crippen LogP contribution is -2.28. The molecule has 0 aliphatic carbocycles. The van der Waals surface area contributed by atoms with Crippen LogP contribution < -0.4 is 0 Å². The first-order valence-electron chi connectivity index (χ1n) is 4.68. The Morgan fingerprint density at radius 2 is 1.55 bits per heavy atom. The molecule has 68 valence electrons. The molecule has 0 amide bonds. The van der Waals surface area contributed by atoms with Crippen LogP contribution in [0.3, 0.4) is 0 Å². The fraction of sp³-hybridized carbons (Fsp3) is 1.00. The van der Waals surface area contributed by atoms with Crippen molar-refractivity contribution in [2.24, 2.45) is 17.8 Å². The highest BCUT2D eigenvalue weighted by Gasteiger charge is 2.23. The molecule has 1 N–H and O–H groups in total. The third-order valence-corrected chi connectivity index (χ3v) is 2.63. The normalized spacial score (nSPS) is 19.9. The Morgan fingerprint density at radius 1 is 1.09 bits per heavy atom. The van der Waals surface area contributed by atoms with Gasteiger partial charge in [-0.25, -0.2) is 0 Å². The maximum Gasteiger partial charge on any atom is 0.0545 e. The molecular weight excluding hydrogens is 136 g/mol. The lowest BCUT2D eigenvalue weighted by Gasteiger charge is -2.29. The van der Waals surface area contributed by atoms with Crippen LogP contribution in [0.25, 0.3) is 0 Å². The SMILES string of the molecule is CCC(C)C(C(C)C)C(C)O. The zero-order valence-electron chi connectivity index (χ0n) is 8.46. The van der Waals surface area contributed by atoms with Gasteiger partial charge in [0.25, 0.3) is 0 Å². The minimum Gasteiger partial charge on any atom is -0.393 e. The summed E-state index contributed by atoms with van der Waals surface area (Å²) in [6, 6.07) is 0. The van der Waals surface area contributed by atoms with Gasteiger partial charge in [0.1, 0.15) is 0 Å². The Kier molecular flexibility index (Phi) is 4.74. The first-order valence-corrected chi connectivity index (χ1v) is 4.68. The molecule has 0 saturated heterocycles. The smallest absolute Gasteiger partial charge is 0.0545 e. The van der Waals surface area contributed by atoms with E-state index in [0.717, 1.165) is 6.42 Å². The van der Waals surface area contributed by atoms with Crippen molar-refractivity contribution in [3.8, 4) is 0 Å². The highest BCUT2D eigenvalue weighted by molar-refractivity contribution is 4.73. The first-order chi connectivity index (χ1) is 5.00. The van der Waals surface area contributed by atoms with Gasteiger partial charge in [0.2, 0.25) is 0 Å². The van der Waals surface area contributed by atoms with Crippen molar-refractivity contribution in [3.63, 3.8) is 0 Å². The second-order valence-corrected chi connectivity index (χ2v) is 3.95. The predicted molar refractivity (Wildman–Crippen MR) is 49.5 cm³/mol. The van der Waals surface area contributed by atoms with Crippen LogP contribution in [-0.2, 0) is 0 Å². The molecular formula is C10H22O. The van der Waals surface area contributed by atoms with Crippen LogP contribution in [0.15, 0.2) is 0 Å². The number of aliphatic hydroxyl groups is 1. The lowest BCUT2D eigenvalue weighted by atomic mass is 9.80. The van der Waals surface area contributed by atoms with Crippen molar-refractivity contribution in [1.29, 1.82) is 0 Å². The maximum absolute atomic E-state index is 9.48. The highest BCUT2D eigenvalue weighted by atomic mass is 16.3. The zero-order valence-corrected chi connectivity index (χ0v) is 8.46. The van der Waals surface area contributed by atoms with E-state index in [1.165, 1.54) is 0 Å². The number of hydrogen-bond acceptors (Lipinski definition) is 1. The second kappa shape index (κ2) is 4.76. The van der Waals surface area contributed by atoms with Crippen molar-refractivity contribution in [2.45, 2.75) is 47.1 Å². The van der Waals surface area contributed by atoms with Crippen LogP contribution in [0, 0.1) is 17.8 Å². The average molecular weight is 158 g/mol. The topological polar surface area (TPSA) is 20.2 Å². The van der Waals surface area contributed by atoms with Gasteiger partial charge in [0.05, 0.1) is 6.10 Å². The van der Waals surface area contributed by atoms with E-state index in [1.54, 1.807) is 0 Å². The average Bonchev–Trinajstić information content (AvgIpc) is 1.85. The summed E-state index contributed by atoms with van der Waals surface area (Å²) >= 11 is 0. The van der Waals surface area contributed by atoms with Gasteiger partial charge in [0, 0.05) is 0 Å². The fourth-order valence-corrected chi connectivity index (χ4v) is 1.96. The van der Waals surface area contributed by atoms with Gasteiger partial charge in [-0.2, -0.15) is 0 Å². The van der Waals surface area contributed by atoms with E-state index < -0.39 is 0 Å². The molecule has 3 unspecified atom stereocenters. The van der Waals surface area contributed by atoms with Gasteiger partial charge in [-0.3, -0.25) is 0 Å². The summed E-state index contributed by atoms with van der Waals surface area (Å²) in [5, 5.41) is 9.48. The van der Waals surface area contributed by atoms with E-state index in [-0.39, 0.29) is 6.10 Å². The maximum atomic E-state index is 9.48. The Bertz CT molecular complexity index is 89.0. The summed E-state index contributed by atoms with van der Waals surface area (Å²) in [5.74, 6) is 1.68. The Hall–Kier alpha value is -0.0400. The van der Waals surface area contributed by atoms with Crippen molar-refractivity contribution < 1.29 is 5.11 Å². The van der Waals surface area contributed by atoms with Crippen molar-refractivity contribution in [3.05, 3.63) is 0 Å². The molecule has 0 radical (unpaired) electrons. The van der Waals surface area contributed by atoms with Crippen molar-refractivity contribution in [1.82, 2.24) is 0 Å². The molecule has 3 atom stereocenters. The molecule has 0 rings (SSSR count). The molecule has 0 aromatic carbocycles. The summed E-state index contributed by atoms with van der Waals surface area (Å²) in [6.07, 6.45) is 0.998. The van der Waals surface area contributed by atoms with E-state index in [9.17, 15) is 5.11 Å². The van der Waals surface area contributed by atoms with Gasteiger partial charge >= 0.3 is 0 Å². The standard InChI is InChI=1S/C10H22O/c1-6-8(4)10(7(2)3)9(5)11/h7-11H,6H2,1-5H3. The van der Waals surface area contributed by atoms with E-state index in [0.29, 0.717) is 17.8 Å². The summed E-state index contributed by atoms with van der Waals surface area (Å²) < 4.78 is 0. The van der Waals surface area contributed by atoms with Crippen LogP contribution in [0.5, 0.6) is 0 Å². The molecule has 0 bridgehead atoms. The molecule has 0 aromatic heterocycles. The molecule has 0 heterocycles. The van der Waals surface area contributed by atoms with Crippen LogP contribution in [0.2, 0.25) is 0 Å². The lowest BCUT2D eigenvalue weighted by molar-refractivity contribution is 0.0613. The third kappa shape index (κ3) is 3.24. The summed E-state index contributed by atoms with van der Waals surface area (Å²) in [5.41, 5.74) is 0. The molecule has 0 saturated carbocycles. The predicted octanol–water partition coefficient (Wildman–Crippen LogP) is 2.69. The number of hydrogen-bond donors (Lipinski definition) is 1. The molecule has 1 heteroatoms. The van der Waals surface area contributed by atoms with Crippen molar-refractivity contribution in [2.75, 3.05) is 0 Å². The molecule has 1 nitrogen and oxygen atoms in total.